The Morgan fingerprint density at radius 2 is 1.75 bits per heavy atom. The average Bonchev–Trinajstić information content (AvgIpc) is 3.19. The van der Waals surface area contributed by atoms with Crippen molar-refractivity contribution >= 4 is 22.5 Å². The molecule has 0 N–H and O–H groups in total. The minimum Gasteiger partial charge on any atom is -0.369 e. The van der Waals surface area contributed by atoms with Crippen molar-refractivity contribution in [3.05, 3.63) is 111 Å². The number of ether oxygens (including phenoxy) is 1. The van der Waals surface area contributed by atoms with Crippen molar-refractivity contribution in [1.29, 1.82) is 0 Å². The van der Waals surface area contributed by atoms with Crippen LogP contribution >= 0.6 is 11.6 Å². The largest absolute Gasteiger partial charge is 0.369 e. The molecule has 8 heteroatoms. The molecule has 0 bridgehead atoms. The molecule has 3 aromatic carbocycles. The van der Waals surface area contributed by atoms with Crippen LogP contribution in [-0.2, 0) is 24.5 Å². The fourth-order valence-electron chi connectivity index (χ4n) is 4.21. The normalized spacial score (nSPS) is 11.3. The molecule has 0 unspecified atom stereocenters. The predicted molar refractivity (Wildman–Crippen MR) is 139 cm³/mol. The molecule has 0 saturated heterocycles. The van der Waals surface area contributed by atoms with E-state index in [1.807, 2.05) is 68.4 Å². The number of nitrogens with zero attached hydrogens (tertiary/aromatic N) is 4. The Morgan fingerprint density at radius 1 is 1.00 bits per heavy atom. The number of aryl methyl sites for hydroxylation is 1. The van der Waals surface area contributed by atoms with Gasteiger partial charge in [-0.2, -0.15) is 4.68 Å². The van der Waals surface area contributed by atoms with Gasteiger partial charge in [0.15, 0.2) is 11.6 Å². The van der Waals surface area contributed by atoms with Gasteiger partial charge in [0.1, 0.15) is 12.3 Å². The van der Waals surface area contributed by atoms with Gasteiger partial charge in [0.2, 0.25) is 0 Å². The first-order valence-corrected chi connectivity index (χ1v) is 12.0. The zero-order valence-electron chi connectivity index (χ0n) is 19.9. The first-order valence-electron chi connectivity index (χ1n) is 11.6. The van der Waals surface area contributed by atoms with Crippen LogP contribution in [-0.4, -0.2) is 19.3 Å². The maximum absolute atomic E-state index is 15.3. The fraction of sp³-hybridized carbons (Fsp3) is 0.179. The lowest BCUT2D eigenvalue weighted by Gasteiger charge is -2.10. The monoisotopic (exact) mass is 502 g/mol. The van der Waals surface area contributed by atoms with Crippen LogP contribution in [0.3, 0.4) is 0 Å². The third-order valence-electron chi connectivity index (χ3n) is 6.07. The van der Waals surface area contributed by atoms with Gasteiger partial charge in [-0.1, -0.05) is 66.2 Å². The minimum absolute atomic E-state index is 0.0105. The lowest BCUT2D eigenvalue weighted by Crippen LogP contribution is -2.24. The first-order chi connectivity index (χ1) is 17.5. The molecule has 2 heterocycles. The molecule has 0 atom stereocenters. The second-order valence-corrected chi connectivity index (χ2v) is 8.87. The second kappa shape index (κ2) is 10.0. The number of fused-ring (bicyclic) bond motifs is 1. The second-order valence-electron chi connectivity index (χ2n) is 8.46. The van der Waals surface area contributed by atoms with Gasteiger partial charge in [-0.05, 0) is 37.1 Å². The maximum Gasteiger partial charge on any atom is 0.350 e. The SMILES string of the molecule is CCn1c(COCc2ccccc2)nn(-c2cc3c(Cl)cc(-c4ccccc4C)nc3cc2F)c1=O. The van der Waals surface area contributed by atoms with Gasteiger partial charge in [-0.25, -0.2) is 14.2 Å². The number of rotatable bonds is 7. The Kier molecular flexibility index (Phi) is 6.67. The molecule has 0 aliphatic heterocycles. The summed E-state index contributed by atoms with van der Waals surface area (Å²) < 4.78 is 23.6. The summed E-state index contributed by atoms with van der Waals surface area (Å²) in [4.78, 5) is 17.7. The third-order valence-corrected chi connectivity index (χ3v) is 6.39. The number of aromatic nitrogens is 4. The molecule has 0 spiro atoms. The number of benzene rings is 3. The zero-order valence-corrected chi connectivity index (χ0v) is 20.7. The molecule has 36 heavy (non-hydrogen) atoms. The van der Waals surface area contributed by atoms with Gasteiger partial charge in [0, 0.05) is 23.6 Å². The molecular weight excluding hydrogens is 479 g/mol. The van der Waals surface area contributed by atoms with Gasteiger partial charge in [-0.3, -0.25) is 4.57 Å². The molecule has 0 radical (unpaired) electrons. The van der Waals surface area contributed by atoms with Crippen LogP contribution in [0.5, 0.6) is 0 Å². The number of halogens is 2. The quantitative estimate of drug-likeness (QED) is 0.270. The summed E-state index contributed by atoms with van der Waals surface area (Å²) >= 11 is 6.61. The van der Waals surface area contributed by atoms with Crippen molar-refractivity contribution in [1.82, 2.24) is 19.3 Å². The van der Waals surface area contributed by atoms with E-state index >= 15 is 4.39 Å². The van der Waals surface area contributed by atoms with Crippen LogP contribution < -0.4 is 5.69 Å². The highest BCUT2D eigenvalue weighted by Gasteiger charge is 2.19. The molecule has 2 aromatic heterocycles. The van der Waals surface area contributed by atoms with Crippen molar-refractivity contribution in [2.75, 3.05) is 0 Å². The van der Waals surface area contributed by atoms with Crippen molar-refractivity contribution < 1.29 is 9.13 Å². The number of hydrogen-bond acceptors (Lipinski definition) is 4. The summed E-state index contributed by atoms with van der Waals surface area (Å²) in [5.74, 6) is -0.204. The third kappa shape index (κ3) is 4.55. The Labute approximate surface area is 212 Å². The van der Waals surface area contributed by atoms with Crippen LogP contribution in [0.1, 0.15) is 23.9 Å². The highest BCUT2D eigenvalue weighted by molar-refractivity contribution is 6.35. The fourth-order valence-corrected chi connectivity index (χ4v) is 4.46. The molecule has 0 amide bonds. The Balaban J connectivity index is 1.51. The Bertz CT molecular complexity index is 1610. The van der Waals surface area contributed by atoms with Crippen molar-refractivity contribution in [2.24, 2.45) is 0 Å². The van der Waals surface area contributed by atoms with E-state index in [2.05, 4.69) is 10.1 Å². The lowest BCUT2D eigenvalue weighted by molar-refractivity contribution is 0.0989. The van der Waals surface area contributed by atoms with E-state index in [0.717, 1.165) is 21.4 Å². The maximum atomic E-state index is 15.3. The molecule has 5 aromatic rings. The van der Waals surface area contributed by atoms with Crippen LogP contribution in [0.4, 0.5) is 4.39 Å². The summed E-state index contributed by atoms with van der Waals surface area (Å²) in [5.41, 5.74) is 3.58. The highest BCUT2D eigenvalue weighted by Crippen LogP contribution is 2.31. The van der Waals surface area contributed by atoms with E-state index in [1.54, 1.807) is 6.07 Å². The topological polar surface area (TPSA) is 61.9 Å². The van der Waals surface area contributed by atoms with E-state index in [-0.39, 0.29) is 12.3 Å². The summed E-state index contributed by atoms with van der Waals surface area (Å²) in [6.07, 6.45) is 0. The highest BCUT2D eigenvalue weighted by atomic mass is 35.5. The van der Waals surface area contributed by atoms with E-state index in [4.69, 9.17) is 16.3 Å². The average molecular weight is 503 g/mol. The first kappa shape index (κ1) is 23.9. The Morgan fingerprint density at radius 3 is 2.50 bits per heavy atom. The standard InChI is InChI=1S/C28H24ClFN4O2/c1-3-33-27(17-36-16-19-10-5-4-6-11-19)32-34(28(33)35)26-13-21-22(29)14-24(31-25(21)15-23(26)30)20-12-8-7-9-18(20)2/h4-15H,3,16-17H2,1-2H3. The minimum atomic E-state index is -0.618. The summed E-state index contributed by atoms with van der Waals surface area (Å²) in [7, 11) is 0. The number of hydrogen-bond donors (Lipinski definition) is 0. The van der Waals surface area contributed by atoms with Gasteiger partial charge >= 0.3 is 5.69 Å². The van der Waals surface area contributed by atoms with Gasteiger partial charge in [-0.15, -0.1) is 5.10 Å². The lowest BCUT2D eigenvalue weighted by atomic mass is 10.0. The van der Waals surface area contributed by atoms with Crippen LogP contribution in [0.15, 0.2) is 77.6 Å². The van der Waals surface area contributed by atoms with Crippen molar-refractivity contribution in [3.8, 4) is 16.9 Å². The van der Waals surface area contributed by atoms with Crippen molar-refractivity contribution in [3.63, 3.8) is 0 Å². The molecule has 0 aliphatic rings. The van der Waals surface area contributed by atoms with Crippen LogP contribution in [0, 0.1) is 12.7 Å². The van der Waals surface area contributed by atoms with Gasteiger partial charge in [0.25, 0.3) is 0 Å². The summed E-state index contributed by atoms with van der Waals surface area (Å²) in [5, 5.41) is 5.34. The number of pyridine rings is 1. The molecule has 6 nitrogen and oxygen atoms in total. The molecule has 0 fully saturated rings. The smallest absolute Gasteiger partial charge is 0.350 e. The van der Waals surface area contributed by atoms with Crippen molar-refractivity contribution in [2.45, 2.75) is 33.6 Å². The van der Waals surface area contributed by atoms with Crippen LogP contribution in [0.25, 0.3) is 27.8 Å². The molecule has 182 valence electrons. The molecule has 0 aliphatic carbocycles. The summed E-state index contributed by atoms with van der Waals surface area (Å²) in [6, 6.07) is 22.1. The van der Waals surface area contributed by atoms with E-state index in [9.17, 15) is 4.79 Å². The predicted octanol–water partition coefficient (Wildman–Crippen LogP) is 6.09. The molecule has 0 saturated carbocycles. The zero-order chi connectivity index (χ0) is 25.2. The van der Waals surface area contributed by atoms with E-state index in [1.165, 1.54) is 16.7 Å². The van der Waals surface area contributed by atoms with E-state index in [0.29, 0.717) is 40.6 Å². The summed E-state index contributed by atoms with van der Waals surface area (Å²) in [6.45, 7) is 4.68. The molecular formula is C28H24ClFN4O2. The Hall–Kier alpha value is -3.81. The van der Waals surface area contributed by atoms with Gasteiger partial charge in [0.05, 0.1) is 22.8 Å². The van der Waals surface area contributed by atoms with Gasteiger partial charge < -0.3 is 4.74 Å². The van der Waals surface area contributed by atoms with Crippen LogP contribution in [0.2, 0.25) is 5.02 Å². The van der Waals surface area contributed by atoms with E-state index < -0.39 is 11.5 Å². The molecule has 5 rings (SSSR count).